The number of hydrogen-bond acceptors (Lipinski definition) is 3. The molecule has 1 aromatic rings. The van der Waals surface area contributed by atoms with E-state index in [-0.39, 0.29) is 17.6 Å². The van der Waals surface area contributed by atoms with E-state index in [0.717, 1.165) is 31.7 Å². The molecule has 2 aliphatic rings. The van der Waals surface area contributed by atoms with Crippen molar-refractivity contribution in [1.82, 2.24) is 10.6 Å². The van der Waals surface area contributed by atoms with Crippen LogP contribution in [0.5, 0.6) is 5.75 Å². The van der Waals surface area contributed by atoms with Gasteiger partial charge in [-0.15, -0.1) is 0 Å². The molecule has 1 aromatic carbocycles. The highest BCUT2D eigenvalue weighted by Crippen LogP contribution is 2.37. The second kappa shape index (κ2) is 5.09. The minimum atomic E-state index is -0.0993. The Labute approximate surface area is 119 Å². The SMILES string of the molecule is CC1(C)Cc2cccc(CNCC3CCC(=O)N3)c2O1. The Morgan fingerprint density at radius 3 is 3.05 bits per heavy atom. The van der Waals surface area contributed by atoms with E-state index in [4.69, 9.17) is 4.74 Å². The number of fused-ring (bicyclic) bond motifs is 1. The molecule has 0 spiro atoms. The fourth-order valence-corrected chi connectivity index (χ4v) is 3.03. The number of amides is 1. The van der Waals surface area contributed by atoms with Crippen LogP contribution in [0, 0.1) is 0 Å². The second-order valence-electron chi connectivity index (χ2n) is 6.38. The number of ether oxygens (including phenoxy) is 1. The van der Waals surface area contributed by atoms with Crippen molar-refractivity contribution in [3.63, 3.8) is 0 Å². The summed E-state index contributed by atoms with van der Waals surface area (Å²) in [5.41, 5.74) is 2.40. The molecule has 2 aliphatic heterocycles. The fourth-order valence-electron chi connectivity index (χ4n) is 3.03. The summed E-state index contributed by atoms with van der Waals surface area (Å²) in [7, 11) is 0. The van der Waals surface area contributed by atoms with E-state index in [0.29, 0.717) is 6.42 Å². The van der Waals surface area contributed by atoms with Gasteiger partial charge in [0.05, 0.1) is 0 Å². The lowest BCUT2D eigenvalue weighted by Crippen LogP contribution is -2.35. The van der Waals surface area contributed by atoms with E-state index in [2.05, 4.69) is 42.7 Å². The molecule has 20 heavy (non-hydrogen) atoms. The van der Waals surface area contributed by atoms with Gasteiger partial charge in [0.15, 0.2) is 0 Å². The van der Waals surface area contributed by atoms with E-state index < -0.39 is 0 Å². The molecule has 1 saturated heterocycles. The summed E-state index contributed by atoms with van der Waals surface area (Å²) in [6.45, 7) is 5.85. The van der Waals surface area contributed by atoms with Gasteiger partial charge in [0, 0.05) is 37.5 Å². The maximum absolute atomic E-state index is 11.2. The van der Waals surface area contributed by atoms with Crippen molar-refractivity contribution in [2.75, 3.05) is 6.54 Å². The minimum absolute atomic E-state index is 0.0993. The van der Waals surface area contributed by atoms with Gasteiger partial charge in [0.2, 0.25) is 5.91 Å². The summed E-state index contributed by atoms with van der Waals surface area (Å²) < 4.78 is 6.06. The normalized spacial score (nSPS) is 23.3. The molecule has 0 aliphatic carbocycles. The third-order valence-electron chi connectivity index (χ3n) is 3.96. The van der Waals surface area contributed by atoms with Gasteiger partial charge in [0.1, 0.15) is 11.4 Å². The van der Waals surface area contributed by atoms with E-state index in [1.165, 1.54) is 11.1 Å². The van der Waals surface area contributed by atoms with Crippen LogP contribution in [0.4, 0.5) is 0 Å². The second-order valence-corrected chi connectivity index (χ2v) is 6.38. The van der Waals surface area contributed by atoms with Crippen LogP contribution in [0.2, 0.25) is 0 Å². The lowest BCUT2D eigenvalue weighted by atomic mass is 10.0. The quantitative estimate of drug-likeness (QED) is 0.880. The van der Waals surface area contributed by atoms with Gasteiger partial charge in [-0.3, -0.25) is 4.79 Å². The smallest absolute Gasteiger partial charge is 0.220 e. The van der Waals surface area contributed by atoms with Gasteiger partial charge < -0.3 is 15.4 Å². The monoisotopic (exact) mass is 274 g/mol. The van der Waals surface area contributed by atoms with Crippen LogP contribution in [-0.4, -0.2) is 24.1 Å². The van der Waals surface area contributed by atoms with Gasteiger partial charge in [-0.05, 0) is 25.8 Å². The highest BCUT2D eigenvalue weighted by atomic mass is 16.5. The number of rotatable bonds is 4. The molecule has 1 amide bonds. The van der Waals surface area contributed by atoms with Gasteiger partial charge in [-0.1, -0.05) is 18.2 Å². The first kappa shape index (κ1) is 13.4. The van der Waals surface area contributed by atoms with Crippen molar-refractivity contribution < 1.29 is 9.53 Å². The highest BCUT2D eigenvalue weighted by Gasteiger charge is 2.31. The summed E-state index contributed by atoms with van der Waals surface area (Å²) >= 11 is 0. The zero-order valence-corrected chi connectivity index (χ0v) is 12.2. The van der Waals surface area contributed by atoms with Crippen LogP contribution in [0.3, 0.4) is 0 Å². The molecule has 1 atom stereocenters. The first-order valence-corrected chi connectivity index (χ1v) is 7.33. The molecule has 4 nitrogen and oxygen atoms in total. The maximum Gasteiger partial charge on any atom is 0.220 e. The van der Waals surface area contributed by atoms with Crippen LogP contribution in [-0.2, 0) is 17.8 Å². The Kier molecular flexibility index (Phi) is 3.42. The third-order valence-corrected chi connectivity index (χ3v) is 3.96. The summed E-state index contributed by atoms with van der Waals surface area (Å²) in [5.74, 6) is 1.21. The molecule has 0 radical (unpaired) electrons. The lowest BCUT2D eigenvalue weighted by Gasteiger charge is -2.18. The first-order valence-electron chi connectivity index (χ1n) is 7.33. The van der Waals surface area contributed by atoms with Crippen LogP contribution in [0.1, 0.15) is 37.8 Å². The molecule has 4 heteroatoms. The average molecular weight is 274 g/mol. The molecule has 0 bridgehead atoms. The third kappa shape index (κ3) is 2.80. The van der Waals surface area contributed by atoms with E-state index in [9.17, 15) is 4.79 Å². The summed E-state index contributed by atoms with van der Waals surface area (Å²) in [4.78, 5) is 11.2. The number of para-hydroxylation sites is 1. The Bertz CT molecular complexity index is 525. The van der Waals surface area contributed by atoms with Crippen molar-refractivity contribution >= 4 is 5.91 Å². The number of benzene rings is 1. The molecule has 0 aromatic heterocycles. The summed E-state index contributed by atoms with van der Waals surface area (Å²) in [6, 6.07) is 6.63. The Morgan fingerprint density at radius 2 is 2.30 bits per heavy atom. The van der Waals surface area contributed by atoms with Crippen LogP contribution in [0.25, 0.3) is 0 Å². The number of nitrogens with one attached hydrogen (secondary N) is 2. The van der Waals surface area contributed by atoms with Gasteiger partial charge in [0.25, 0.3) is 0 Å². The Balaban J connectivity index is 1.59. The number of carbonyl (C=O) groups excluding carboxylic acids is 1. The lowest BCUT2D eigenvalue weighted by molar-refractivity contribution is -0.119. The van der Waals surface area contributed by atoms with Crippen LogP contribution < -0.4 is 15.4 Å². The first-order chi connectivity index (χ1) is 9.53. The fraction of sp³-hybridized carbons (Fsp3) is 0.562. The van der Waals surface area contributed by atoms with Gasteiger partial charge in [-0.2, -0.15) is 0 Å². The molecule has 108 valence electrons. The standard InChI is InChI=1S/C16H22N2O2/c1-16(2)8-11-4-3-5-12(15(11)20-16)9-17-10-13-6-7-14(19)18-13/h3-5,13,17H,6-10H2,1-2H3,(H,18,19). The predicted octanol–water partition coefficient (Wildman–Crippen LogP) is 1.77. The van der Waals surface area contributed by atoms with Gasteiger partial charge >= 0.3 is 0 Å². The predicted molar refractivity (Wildman–Crippen MR) is 77.7 cm³/mol. The van der Waals surface area contributed by atoms with Crippen LogP contribution in [0.15, 0.2) is 18.2 Å². The van der Waals surface area contributed by atoms with Gasteiger partial charge in [-0.25, -0.2) is 0 Å². The zero-order valence-electron chi connectivity index (χ0n) is 12.2. The number of carbonyl (C=O) groups is 1. The largest absolute Gasteiger partial charge is 0.487 e. The molecule has 2 heterocycles. The summed E-state index contributed by atoms with van der Waals surface area (Å²) in [5, 5.41) is 6.40. The topological polar surface area (TPSA) is 50.4 Å². The molecule has 1 fully saturated rings. The van der Waals surface area contributed by atoms with Crippen molar-refractivity contribution in [3.8, 4) is 5.75 Å². The average Bonchev–Trinajstić information content (AvgIpc) is 2.91. The van der Waals surface area contributed by atoms with Crippen molar-refractivity contribution in [2.24, 2.45) is 0 Å². The molecule has 0 saturated carbocycles. The minimum Gasteiger partial charge on any atom is -0.487 e. The van der Waals surface area contributed by atoms with Crippen LogP contribution >= 0.6 is 0 Å². The maximum atomic E-state index is 11.2. The molecule has 2 N–H and O–H groups in total. The van der Waals surface area contributed by atoms with E-state index >= 15 is 0 Å². The Morgan fingerprint density at radius 1 is 1.45 bits per heavy atom. The molecular formula is C16H22N2O2. The highest BCUT2D eigenvalue weighted by molar-refractivity contribution is 5.78. The Hall–Kier alpha value is -1.55. The van der Waals surface area contributed by atoms with Crippen molar-refractivity contribution in [1.29, 1.82) is 0 Å². The van der Waals surface area contributed by atoms with E-state index in [1.807, 2.05) is 0 Å². The number of hydrogen-bond donors (Lipinski definition) is 2. The molecule has 1 unspecified atom stereocenters. The summed E-state index contributed by atoms with van der Waals surface area (Å²) in [6.07, 6.45) is 2.56. The van der Waals surface area contributed by atoms with Crippen molar-refractivity contribution in [2.45, 2.75) is 51.3 Å². The zero-order chi connectivity index (χ0) is 14.2. The molecule has 3 rings (SSSR count). The molecular weight excluding hydrogens is 252 g/mol. The van der Waals surface area contributed by atoms with E-state index in [1.54, 1.807) is 0 Å². The van der Waals surface area contributed by atoms with Crippen molar-refractivity contribution in [3.05, 3.63) is 29.3 Å².